The lowest BCUT2D eigenvalue weighted by atomic mass is 9.74. The molecule has 0 aliphatic heterocycles. The quantitative estimate of drug-likeness (QED) is 0.701. The summed E-state index contributed by atoms with van der Waals surface area (Å²) < 4.78 is 0. The van der Waals surface area contributed by atoms with Crippen LogP contribution in [0.5, 0.6) is 0 Å². The second-order valence-electron chi connectivity index (χ2n) is 7.91. The summed E-state index contributed by atoms with van der Waals surface area (Å²) in [5.74, 6) is 0. The van der Waals surface area contributed by atoms with E-state index in [1.165, 1.54) is 36.8 Å². The minimum absolute atomic E-state index is 0. The van der Waals surface area contributed by atoms with E-state index in [9.17, 15) is 0 Å². The molecule has 142 valence electrons. The summed E-state index contributed by atoms with van der Waals surface area (Å²) in [5.41, 5.74) is 3.19. The van der Waals surface area contributed by atoms with E-state index in [0.717, 1.165) is 13.0 Å². The molecule has 0 bridgehead atoms. The van der Waals surface area contributed by atoms with Gasteiger partial charge in [0.25, 0.3) is 0 Å². The molecule has 0 radical (unpaired) electrons. The molecule has 1 aliphatic rings. The van der Waals surface area contributed by atoms with Crippen molar-refractivity contribution in [3.8, 4) is 0 Å². The highest BCUT2D eigenvalue weighted by Gasteiger charge is 2.38. The Morgan fingerprint density at radius 3 is 1.81 bits per heavy atom. The molecule has 0 atom stereocenters. The lowest BCUT2D eigenvalue weighted by molar-refractivity contribution is 0.0575. The van der Waals surface area contributed by atoms with Crippen LogP contribution >= 0.6 is 12.4 Å². The number of rotatable bonds is 6. The topological polar surface area (TPSA) is 6.48 Å². The van der Waals surface area contributed by atoms with Gasteiger partial charge >= 0.3 is 0 Å². The molecule has 1 fully saturated rings. The van der Waals surface area contributed by atoms with Gasteiger partial charge in [-0.15, -0.1) is 12.4 Å². The second kappa shape index (κ2) is 9.55. The number of benzene rings is 2. The summed E-state index contributed by atoms with van der Waals surface area (Å²) in [5, 5.41) is 0. The first-order valence-corrected chi connectivity index (χ1v) is 9.55. The van der Waals surface area contributed by atoms with Gasteiger partial charge < -0.3 is 4.90 Å². The van der Waals surface area contributed by atoms with Crippen LogP contribution in [0.25, 0.3) is 0 Å². The van der Waals surface area contributed by atoms with E-state index in [1.807, 2.05) is 0 Å². The zero-order chi connectivity index (χ0) is 17.7. The van der Waals surface area contributed by atoms with Gasteiger partial charge in [-0.1, -0.05) is 60.7 Å². The summed E-state index contributed by atoms with van der Waals surface area (Å²) in [6.45, 7) is 1.05. The number of likely N-dealkylation sites (N-methyl/N-ethyl adjacent to an activating group) is 1. The van der Waals surface area contributed by atoms with Crippen molar-refractivity contribution in [3.63, 3.8) is 0 Å². The van der Waals surface area contributed by atoms with Gasteiger partial charge in [-0.3, -0.25) is 4.90 Å². The standard InChI is InChI=1S/C23H32N2.ClH/c1-24(2)23(18-20-10-6-4-7-11-20)16-14-22(15-17-23)25(3)19-21-12-8-5-9-13-21;/h4-13,22H,14-19H2,1-3H3;1H. The van der Waals surface area contributed by atoms with Gasteiger partial charge in [0, 0.05) is 18.1 Å². The molecular weight excluding hydrogens is 340 g/mol. The van der Waals surface area contributed by atoms with Crippen molar-refractivity contribution >= 4 is 12.4 Å². The van der Waals surface area contributed by atoms with Gasteiger partial charge in [0.2, 0.25) is 0 Å². The lowest BCUT2D eigenvalue weighted by Gasteiger charge is -2.47. The number of halogens is 1. The highest BCUT2D eigenvalue weighted by molar-refractivity contribution is 5.85. The molecule has 2 aromatic carbocycles. The molecule has 3 heteroatoms. The van der Waals surface area contributed by atoms with E-state index in [1.54, 1.807) is 0 Å². The minimum Gasteiger partial charge on any atom is -0.303 e. The molecule has 2 nitrogen and oxygen atoms in total. The fourth-order valence-electron chi connectivity index (χ4n) is 4.34. The Bertz CT molecular complexity index is 634. The molecule has 0 amide bonds. The third-order valence-electron chi connectivity index (χ3n) is 6.11. The van der Waals surface area contributed by atoms with Gasteiger partial charge in [-0.05, 0) is 64.4 Å². The van der Waals surface area contributed by atoms with Gasteiger partial charge in [-0.2, -0.15) is 0 Å². The van der Waals surface area contributed by atoms with Crippen LogP contribution in [0, 0.1) is 0 Å². The first-order valence-electron chi connectivity index (χ1n) is 9.55. The maximum atomic E-state index is 2.55. The van der Waals surface area contributed by atoms with Gasteiger partial charge in [0.1, 0.15) is 0 Å². The molecular formula is C23H33ClN2. The average molecular weight is 373 g/mol. The van der Waals surface area contributed by atoms with Crippen molar-refractivity contribution < 1.29 is 0 Å². The molecule has 0 unspecified atom stereocenters. The fraction of sp³-hybridized carbons (Fsp3) is 0.478. The Labute approximate surface area is 165 Å². The Kier molecular flexibility index (Phi) is 7.69. The first-order chi connectivity index (χ1) is 12.1. The maximum absolute atomic E-state index is 2.55. The second-order valence-corrected chi connectivity index (χ2v) is 7.91. The third-order valence-corrected chi connectivity index (χ3v) is 6.11. The van der Waals surface area contributed by atoms with Crippen molar-refractivity contribution in [2.75, 3.05) is 21.1 Å². The Morgan fingerprint density at radius 1 is 0.808 bits per heavy atom. The van der Waals surface area contributed by atoms with E-state index < -0.39 is 0 Å². The molecule has 26 heavy (non-hydrogen) atoms. The minimum atomic E-state index is 0. The first kappa shape index (κ1) is 21.0. The predicted molar refractivity (Wildman–Crippen MR) is 114 cm³/mol. The number of nitrogens with zero attached hydrogens (tertiary/aromatic N) is 2. The van der Waals surface area contributed by atoms with E-state index in [4.69, 9.17) is 0 Å². The highest BCUT2D eigenvalue weighted by atomic mass is 35.5. The monoisotopic (exact) mass is 372 g/mol. The van der Waals surface area contributed by atoms with Crippen LogP contribution < -0.4 is 0 Å². The number of hydrogen-bond donors (Lipinski definition) is 0. The van der Waals surface area contributed by atoms with E-state index >= 15 is 0 Å². The SMILES string of the molecule is CN(Cc1ccccc1)C1CCC(Cc2ccccc2)(N(C)C)CC1.Cl. The van der Waals surface area contributed by atoms with E-state index in [0.29, 0.717) is 11.6 Å². The highest BCUT2D eigenvalue weighted by Crippen LogP contribution is 2.37. The maximum Gasteiger partial charge on any atom is 0.0244 e. The molecule has 1 saturated carbocycles. The summed E-state index contributed by atoms with van der Waals surface area (Å²) in [4.78, 5) is 5.03. The fourth-order valence-corrected chi connectivity index (χ4v) is 4.34. The summed E-state index contributed by atoms with van der Waals surface area (Å²) in [6, 6.07) is 22.5. The zero-order valence-corrected chi connectivity index (χ0v) is 17.2. The largest absolute Gasteiger partial charge is 0.303 e. The number of hydrogen-bond acceptors (Lipinski definition) is 2. The van der Waals surface area contributed by atoms with Crippen molar-refractivity contribution in [3.05, 3.63) is 71.8 Å². The molecule has 0 heterocycles. The van der Waals surface area contributed by atoms with Crippen LogP contribution in [0.3, 0.4) is 0 Å². The zero-order valence-electron chi connectivity index (χ0n) is 16.4. The molecule has 3 rings (SSSR count). The van der Waals surface area contributed by atoms with Crippen LogP contribution in [0.1, 0.15) is 36.8 Å². The molecule has 1 aliphatic carbocycles. The van der Waals surface area contributed by atoms with Crippen LogP contribution in [0.2, 0.25) is 0 Å². The van der Waals surface area contributed by atoms with Gasteiger partial charge in [-0.25, -0.2) is 0 Å². The van der Waals surface area contributed by atoms with Crippen LogP contribution in [-0.2, 0) is 13.0 Å². The average Bonchev–Trinajstić information content (AvgIpc) is 2.64. The van der Waals surface area contributed by atoms with Crippen molar-refractivity contribution in [2.45, 2.75) is 50.2 Å². The van der Waals surface area contributed by atoms with Crippen LogP contribution in [0.15, 0.2) is 60.7 Å². The Balaban J connectivity index is 0.00000243. The lowest BCUT2D eigenvalue weighted by Crippen LogP contribution is -2.51. The van der Waals surface area contributed by atoms with Crippen LogP contribution in [0.4, 0.5) is 0 Å². The van der Waals surface area contributed by atoms with Crippen molar-refractivity contribution in [1.29, 1.82) is 0 Å². The third kappa shape index (κ3) is 5.09. The van der Waals surface area contributed by atoms with E-state index in [2.05, 4.69) is 91.6 Å². The molecule has 0 saturated heterocycles. The molecule has 0 N–H and O–H groups in total. The molecule has 0 spiro atoms. The van der Waals surface area contributed by atoms with Crippen LogP contribution in [-0.4, -0.2) is 42.5 Å². The summed E-state index contributed by atoms with van der Waals surface area (Å²) in [7, 11) is 6.81. The van der Waals surface area contributed by atoms with Crippen molar-refractivity contribution in [2.24, 2.45) is 0 Å². The van der Waals surface area contributed by atoms with Gasteiger partial charge in [0.15, 0.2) is 0 Å². The van der Waals surface area contributed by atoms with E-state index in [-0.39, 0.29) is 12.4 Å². The Hall–Kier alpha value is -1.35. The summed E-state index contributed by atoms with van der Waals surface area (Å²) in [6.07, 6.45) is 6.29. The normalized spacial score (nSPS) is 23.0. The Morgan fingerprint density at radius 2 is 1.31 bits per heavy atom. The summed E-state index contributed by atoms with van der Waals surface area (Å²) >= 11 is 0. The predicted octanol–water partition coefficient (Wildman–Crippen LogP) is 5.03. The smallest absolute Gasteiger partial charge is 0.0244 e. The molecule has 0 aromatic heterocycles. The van der Waals surface area contributed by atoms with Gasteiger partial charge in [0.05, 0.1) is 0 Å². The van der Waals surface area contributed by atoms with Crippen molar-refractivity contribution in [1.82, 2.24) is 9.80 Å². The molecule has 2 aromatic rings.